The number of halogens is 4. The van der Waals surface area contributed by atoms with Crippen LogP contribution in [0.1, 0.15) is 75.7 Å². The Bertz CT molecular complexity index is 683. The molecule has 5 rings (SSSR count). The lowest BCUT2D eigenvalue weighted by Gasteiger charge is -2.57. The van der Waals surface area contributed by atoms with Crippen molar-refractivity contribution in [3.05, 3.63) is 17.5 Å². The number of carbonyl (C=O) groups is 1. The highest BCUT2D eigenvalue weighted by Gasteiger charge is 2.50. The first kappa shape index (κ1) is 18.7. The first-order valence-corrected chi connectivity index (χ1v) is 9.70. The van der Waals surface area contributed by atoms with Crippen LogP contribution in [-0.4, -0.2) is 22.2 Å². The fourth-order valence-corrected chi connectivity index (χ4v) is 6.05. The summed E-state index contributed by atoms with van der Waals surface area (Å²) in [6.45, 7) is 1.95. The summed E-state index contributed by atoms with van der Waals surface area (Å²) in [5, 5.41) is 6.46. The molecule has 4 bridgehead atoms. The van der Waals surface area contributed by atoms with Gasteiger partial charge < -0.3 is 5.32 Å². The van der Waals surface area contributed by atoms with E-state index in [4.69, 9.17) is 0 Å². The number of hydrogen-bond acceptors (Lipinski definition) is 2. The van der Waals surface area contributed by atoms with E-state index in [0.717, 1.165) is 41.7 Å². The summed E-state index contributed by atoms with van der Waals surface area (Å²) in [6.07, 6.45) is 1.32. The number of nitrogens with one attached hydrogen (secondary N) is 1. The van der Waals surface area contributed by atoms with Gasteiger partial charge in [-0.15, -0.1) is 0 Å². The van der Waals surface area contributed by atoms with Gasteiger partial charge in [0.1, 0.15) is 17.4 Å². The van der Waals surface area contributed by atoms with Gasteiger partial charge in [0.15, 0.2) is 0 Å². The molecule has 4 fully saturated rings. The van der Waals surface area contributed by atoms with Gasteiger partial charge in [-0.05, 0) is 74.7 Å². The first-order chi connectivity index (χ1) is 12.8. The summed E-state index contributed by atoms with van der Waals surface area (Å²) in [4.78, 5) is 12.6. The van der Waals surface area contributed by atoms with E-state index < -0.39 is 36.2 Å². The molecule has 4 saturated carbocycles. The predicted octanol–water partition coefficient (Wildman–Crippen LogP) is 4.65. The molecule has 1 atom stereocenters. The van der Waals surface area contributed by atoms with Crippen LogP contribution in [0, 0.1) is 23.2 Å². The molecule has 0 saturated heterocycles. The summed E-state index contributed by atoms with van der Waals surface area (Å²) in [5.41, 5.74) is -1.26. The molecular formula is C19H25F4N3O. The number of amides is 1. The Kier molecular flexibility index (Phi) is 4.71. The van der Waals surface area contributed by atoms with Crippen molar-refractivity contribution in [1.82, 2.24) is 15.1 Å². The second kappa shape index (κ2) is 6.78. The topological polar surface area (TPSA) is 46.9 Å². The van der Waals surface area contributed by atoms with E-state index in [1.54, 1.807) is 0 Å². The molecule has 1 amide bonds. The third-order valence-corrected chi connectivity index (χ3v) is 6.78. The Labute approximate surface area is 155 Å². The van der Waals surface area contributed by atoms with Gasteiger partial charge >= 0.3 is 0 Å². The Morgan fingerprint density at radius 3 is 2.19 bits per heavy atom. The number of rotatable bonds is 6. The zero-order valence-corrected chi connectivity index (χ0v) is 15.3. The summed E-state index contributed by atoms with van der Waals surface area (Å²) in [7, 11) is 0. The summed E-state index contributed by atoms with van der Waals surface area (Å²) in [6, 6.07) is -0.381. The van der Waals surface area contributed by atoms with Crippen molar-refractivity contribution in [3.8, 4) is 0 Å². The third kappa shape index (κ3) is 3.47. The van der Waals surface area contributed by atoms with Crippen LogP contribution in [0.5, 0.6) is 0 Å². The molecule has 27 heavy (non-hydrogen) atoms. The zero-order valence-electron chi connectivity index (χ0n) is 15.3. The van der Waals surface area contributed by atoms with Crippen LogP contribution in [0.4, 0.5) is 17.6 Å². The van der Waals surface area contributed by atoms with Crippen molar-refractivity contribution in [2.45, 2.75) is 64.3 Å². The summed E-state index contributed by atoms with van der Waals surface area (Å²) >= 11 is 0. The average molecular weight is 387 g/mol. The van der Waals surface area contributed by atoms with Crippen molar-refractivity contribution in [1.29, 1.82) is 0 Å². The minimum Gasteiger partial charge on any atom is -0.354 e. The van der Waals surface area contributed by atoms with Crippen LogP contribution >= 0.6 is 0 Å². The van der Waals surface area contributed by atoms with E-state index in [1.165, 1.54) is 26.2 Å². The monoisotopic (exact) mass is 387 g/mol. The van der Waals surface area contributed by atoms with Crippen LogP contribution in [0.25, 0.3) is 0 Å². The molecule has 150 valence electrons. The average Bonchev–Trinajstić information content (AvgIpc) is 3.04. The van der Waals surface area contributed by atoms with Gasteiger partial charge in [0.25, 0.3) is 12.9 Å². The van der Waals surface area contributed by atoms with Gasteiger partial charge in [0.05, 0.1) is 0 Å². The fraction of sp³-hybridized carbons (Fsp3) is 0.789. The Morgan fingerprint density at radius 1 is 1.15 bits per heavy atom. The van der Waals surface area contributed by atoms with Gasteiger partial charge in [0.2, 0.25) is 5.91 Å². The van der Waals surface area contributed by atoms with Gasteiger partial charge in [-0.2, -0.15) is 5.10 Å². The Hall–Kier alpha value is -1.60. The molecule has 1 N–H and O–H groups in total. The number of alkyl halides is 4. The van der Waals surface area contributed by atoms with E-state index in [1.807, 2.05) is 0 Å². The second-order valence-electron chi connectivity index (χ2n) is 8.85. The lowest BCUT2D eigenvalue weighted by Crippen LogP contribution is -2.51. The summed E-state index contributed by atoms with van der Waals surface area (Å²) in [5.74, 6) is 1.79. The van der Waals surface area contributed by atoms with Crippen molar-refractivity contribution in [2.24, 2.45) is 23.2 Å². The van der Waals surface area contributed by atoms with Crippen LogP contribution in [0.2, 0.25) is 0 Å². The molecule has 0 spiro atoms. The van der Waals surface area contributed by atoms with E-state index in [9.17, 15) is 22.4 Å². The second-order valence-corrected chi connectivity index (χ2v) is 8.85. The summed E-state index contributed by atoms with van der Waals surface area (Å²) < 4.78 is 52.8. The highest BCUT2D eigenvalue weighted by Crippen LogP contribution is 2.59. The van der Waals surface area contributed by atoms with Crippen molar-refractivity contribution in [2.75, 3.05) is 6.54 Å². The van der Waals surface area contributed by atoms with E-state index >= 15 is 0 Å². The minimum atomic E-state index is -2.97. The number of carbonyl (C=O) groups excluding carboxylic acids is 1. The molecule has 8 heteroatoms. The van der Waals surface area contributed by atoms with E-state index in [-0.39, 0.29) is 5.41 Å². The number of hydrogen-bond donors (Lipinski definition) is 1. The molecule has 1 unspecified atom stereocenters. The third-order valence-electron chi connectivity index (χ3n) is 6.78. The lowest BCUT2D eigenvalue weighted by atomic mass is 9.49. The fourth-order valence-electron chi connectivity index (χ4n) is 6.05. The number of aromatic nitrogens is 2. The molecule has 1 heterocycles. The highest BCUT2D eigenvalue weighted by molar-refractivity contribution is 5.79. The zero-order chi connectivity index (χ0) is 19.3. The lowest BCUT2D eigenvalue weighted by molar-refractivity contribution is -0.126. The van der Waals surface area contributed by atoms with Crippen LogP contribution in [0.3, 0.4) is 0 Å². The molecule has 4 aliphatic carbocycles. The molecule has 1 aromatic heterocycles. The van der Waals surface area contributed by atoms with E-state index in [2.05, 4.69) is 10.4 Å². The Morgan fingerprint density at radius 2 is 1.70 bits per heavy atom. The van der Waals surface area contributed by atoms with Gasteiger partial charge in [-0.25, -0.2) is 17.6 Å². The molecule has 4 nitrogen and oxygen atoms in total. The Balaban J connectivity index is 1.44. The molecule has 0 aromatic carbocycles. The standard InChI is InChI=1S/C19H25F4N3O/c1-10(26-15(17(22)23)5-14(25-26)16(20)21)18(27)24-9-19-6-11-2-12(7-19)4-13(3-11)8-19/h5,10-13,16-17H,2-4,6-9H2,1H3,(H,24,27). The maximum atomic E-state index is 13.2. The van der Waals surface area contributed by atoms with Crippen LogP contribution < -0.4 is 5.32 Å². The van der Waals surface area contributed by atoms with E-state index in [0.29, 0.717) is 12.6 Å². The van der Waals surface area contributed by atoms with Crippen LogP contribution in [0.15, 0.2) is 6.07 Å². The molecule has 1 aromatic rings. The minimum absolute atomic E-state index is 0.119. The SMILES string of the molecule is CC(C(=O)NCC12CC3CC(CC(C3)C1)C2)n1nc(C(F)F)cc1C(F)F. The largest absolute Gasteiger partial charge is 0.354 e. The molecular weight excluding hydrogens is 362 g/mol. The van der Waals surface area contributed by atoms with Crippen molar-refractivity contribution in [3.63, 3.8) is 0 Å². The van der Waals surface area contributed by atoms with Gasteiger partial charge in [0, 0.05) is 6.54 Å². The van der Waals surface area contributed by atoms with Crippen LogP contribution in [-0.2, 0) is 4.79 Å². The number of nitrogens with zero attached hydrogens (tertiary/aromatic N) is 2. The highest BCUT2D eigenvalue weighted by atomic mass is 19.3. The first-order valence-electron chi connectivity index (χ1n) is 9.70. The molecule has 0 radical (unpaired) electrons. The van der Waals surface area contributed by atoms with Gasteiger partial charge in [-0.3, -0.25) is 9.48 Å². The van der Waals surface area contributed by atoms with Gasteiger partial charge in [-0.1, -0.05) is 0 Å². The quantitative estimate of drug-likeness (QED) is 0.722. The molecule has 4 aliphatic rings. The smallest absolute Gasteiger partial charge is 0.282 e. The van der Waals surface area contributed by atoms with Crippen molar-refractivity contribution < 1.29 is 22.4 Å². The molecule has 0 aliphatic heterocycles. The maximum absolute atomic E-state index is 13.2. The maximum Gasteiger partial charge on any atom is 0.282 e. The van der Waals surface area contributed by atoms with Crippen molar-refractivity contribution >= 4 is 5.91 Å². The predicted molar refractivity (Wildman–Crippen MR) is 90.5 cm³/mol. The normalized spacial score (nSPS) is 33.1.